The molecule has 0 saturated carbocycles. The van der Waals surface area contributed by atoms with Gasteiger partial charge in [-0.2, -0.15) is 0 Å². The Kier molecular flexibility index (Phi) is 6.62. The molecule has 1 unspecified atom stereocenters. The molecule has 1 N–H and O–H groups in total. The van der Waals surface area contributed by atoms with Gasteiger partial charge in [-0.25, -0.2) is 0 Å². The zero-order valence-corrected chi connectivity index (χ0v) is 19.6. The first kappa shape index (κ1) is 22.6. The number of likely N-dealkylation sites (tertiary alicyclic amines) is 1. The van der Waals surface area contributed by atoms with Crippen LogP contribution in [0.4, 0.5) is 11.4 Å². The van der Waals surface area contributed by atoms with Crippen LogP contribution < -0.4 is 19.7 Å². The van der Waals surface area contributed by atoms with Gasteiger partial charge in [-0.05, 0) is 37.1 Å². The highest BCUT2D eigenvalue weighted by molar-refractivity contribution is 8.01. The molecule has 0 spiro atoms. The maximum atomic E-state index is 13.5. The van der Waals surface area contributed by atoms with Gasteiger partial charge in [-0.1, -0.05) is 25.0 Å². The minimum absolute atomic E-state index is 0.163. The van der Waals surface area contributed by atoms with Gasteiger partial charge >= 0.3 is 0 Å². The van der Waals surface area contributed by atoms with Gasteiger partial charge in [-0.3, -0.25) is 14.4 Å². The van der Waals surface area contributed by atoms with E-state index in [2.05, 4.69) is 5.32 Å². The van der Waals surface area contributed by atoms with Crippen LogP contribution in [-0.4, -0.2) is 60.7 Å². The van der Waals surface area contributed by atoms with Crippen molar-refractivity contribution in [2.24, 2.45) is 0 Å². The second kappa shape index (κ2) is 9.97. The molecule has 1 fully saturated rings. The molecule has 1 saturated heterocycles. The number of anilines is 2. The Morgan fingerprint density at radius 1 is 0.971 bits per heavy atom. The number of para-hydroxylation sites is 1. The molecule has 3 amide bonds. The number of carbonyl (C=O) groups excluding carboxylic acids is 3. The van der Waals surface area contributed by atoms with E-state index in [1.807, 2.05) is 29.2 Å². The predicted octanol–water partition coefficient (Wildman–Crippen LogP) is 3.31. The summed E-state index contributed by atoms with van der Waals surface area (Å²) in [7, 11) is 0. The van der Waals surface area contributed by atoms with Crippen molar-refractivity contribution in [3.8, 4) is 11.5 Å². The molecule has 0 radical (unpaired) electrons. The summed E-state index contributed by atoms with van der Waals surface area (Å²) in [6.45, 7) is 2.11. The van der Waals surface area contributed by atoms with Crippen LogP contribution in [0.1, 0.15) is 25.7 Å². The van der Waals surface area contributed by atoms with E-state index in [1.165, 1.54) is 16.7 Å². The zero-order chi connectivity index (χ0) is 23.5. The quantitative estimate of drug-likeness (QED) is 0.675. The minimum Gasteiger partial charge on any atom is -0.486 e. The molecule has 0 bridgehead atoms. The summed E-state index contributed by atoms with van der Waals surface area (Å²) < 4.78 is 11.1. The molecule has 5 rings (SSSR count). The van der Waals surface area contributed by atoms with Crippen molar-refractivity contribution in [1.29, 1.82) is 0 Å². The average molecular weight is 482 g/mol. The van der Waals surface area contributed by atoms with Crippen molar-refractivity contribution in [2.45, 2.75) is 35.8 Å². The lowest BCUT2D eigenvalue weighted by atomic mass is 10.2. The Morgan fingerprint density at radius 3 is 2.50 bits per heavy atom. The molecule has 9 heteroatoms. The number of nitrogens with zero attached hydrogens (tertiary/aromatic N) is 2. The van der Waals surface area contributed by atoms with Crippen LogP contribution in [0.5, 0.6) is 11.5 Å². The van der Waals surface area contributed by atoms with Crippen molar-refractivity contribution < 1.29 is 23.9 Å². The molecule has 178 valence electrons. The minimum atomic E-state index is -0.880. The van der Waals surface area contributed by atoms with Crippen molar-refractivity contribution >= 4 is 40.9 Å². The van der Waals surface area contributed by atoms with Crippen molar-refractivity contribution in [3.05, 3.63) is 42.5 Å². The third-order valence-electron chi connectivity index (χ3n) is 6.16. The number of ether oxygens (including phenoxy) is 2. The van der Waals surface area contributed by atoms with Crippen molar-refractivity contribution in [1.82, 2.24) is 4.90 Å². The fourth-order valence-electron chi connectivity index (χ4n) is 4.46. The lowest BCUT2D eigenvalue weighted by molar-refractivity contribution is -0.135. The standard InChI is InChI=1S/C25H27N3O5S/c29-22(26-17-9-10-19-20(15-17)33-14-13-32-19)16-28-18-7-3-4-8-21(18)34-23(25(28)31)24(30)27-11-5-1-2-6-12-27/h3-4,7-10,15,23H,1-2,5-6,11-14,16H2,(H,26,29). The van der Waals surface area contributed by atoms with Crippen LogP contribution in [-0.2, 0) is 14.4 Å². The van der Waals surface area contributed by atoms with E-state index in [9.17, 15) is 14.4 Å². The van der Waals surface area contributed by atoms with E-state index in [0.29, 0.717) is 49.2 Å². The van der Waals surface area contributed by atoms with Gasteiger partial charge in [0, 0.05) is 29.7 Å². The molecule has 1 atom stereocenters. The first-order valence-corrected chi connectivity index (χ1v) is 12.5. The summed E-state index contributed by atoms with van der Waals surface area (Å²) in [6, 6.07) is 12.6. The van der Waals surface area contributed by atoms with Gasteiger partial charge in [-0.15, -0.1) is 11.8 Å². The largest absolute Gasteiger partial charge is 0.486 e. The SMILES string of the molecule is O=C(CN1C(=O)C(C(=O)N2CCCCCC2)Sc2ccccc21)Nc1ccc2c(c1)OCCO2. The van der Waals surface area contributed by atoms with Crippen LogP contribution in [0.2, 0.25) is 0 Å². The fraction of sp³-hybridized carbons (Fsp3) is 0.400. The Balaban J connectivity index is 1.33. The number of benzene rings is 2. The molecule has 0 aliphatic carbocycles. The Hall–Kier alpha value is -3.20. The molecule has 34 heavy (non-hydrogen) atoms. The summed E-state index contributed by atoms with van der Waals surface area (Å²) in [5.74, 6) is 0.339. The fourth-order valence-corrected chi connectivity index (χ4v) is 5.65. The third-order valence-corrected chi connectivity index (χ3v) is 7.40. The van der Waals surface area contributed by atoms with Gasteiger partial charge in [0.05, 0.1) is 5.69 Å². The summed E-state index contributed by atoms with van der Waals surface area (Å²) in [6.07, 6.45) is 4.11. The summed E-state index contributed by atoms with van der Waals surface area (Å²) >= 11 is 1.28. The van der Waals surface area contributed by atoms with Crippen LogP contribution in [0, 0.1) is 0 Å². The molecule has 3 aliphatic rings. The number of hydrogen-bond donors (Lipinski definition) is 1. The highest BCUT2D eigenvalue weighted by atomic mass is 32.2. The van der Waals surface area contributed by atoms with E-state index in [4.69, 9.17) is 9.47 Å². The molecular formula is C25H27N3O5S. The van der Waals surface area contributed by atoms with Crippen LogP contribution in [0.25, 0.3) is 0 Å². The second-order valence-electron chi connectivity index (χ2n) is 8.54. The lowest BCUT2D eigenvalue weighted by Crippen LogP contribution is -2.51. The molecule has 0 aromatic heterocycles. The molecule has 8 nitrogen and oxygen atoms in total. The summed E-state index contributed by atoms with van der Waals surface area (Å²) in [5.41, 5.74) is 1.20. The molecule has 3 aliphatic heterocycles. The number of nitrogens with one attached hydrogen (secondary N) is 1. The van der Waals surface area contributed by atoms with E-state index < -0.39 is 5.25 Å². The highest BCUT2D eigenvalue weighted by Crippen LogP contribution is 2.40. The van der Waals surface area contributed by atoms with E-state index >= 15 is 0 Å². The lowest BCUT2D eigenvalue weighted by Gasteiger charge is -2.34. The van der Waals surface area contributed by atoms with Crippen molar-refractivity contribution in [2.75, 3.05) is 43.1 Å². The van der Waals surface area contributed by atoms with Gasteiger partial charge in [0.1, 0.15) is 19.8 Å². The van der Waals surface area contributed by atoms with Gasteiger partial charge < -0.3 is 24.6 Å². The monoisotopic (exact) mass is 481 g/mol. The number of fused-ring (bicyclic) bond motifs is 2. The van der Waals surface area contributed by atoms with Crippen molar-refractivity contribution in [3.63, 3.8) is 0 Å². The third kappa shape index (κ3) is 4.70. The summed E-state index contributed by atoms with van der Waals surface area (Å²) in [4.78, 5) is 43.8. The maximum Gasteiger partial charge on any atom is 0.250 e. The number of amides is 3. The zero-order valence-electron chi connectivity index (χ0n) is 18.8. The van der Waals surface area contributed by atoms with Crippen LogP contribution >= 0.6 is 11.8 Å². The Morgan fingerprint density at radius 2 is 1.71 bits per heavy atom. The number of carbonyl (C=O) groups is 3. The molecule has 2 aromatic rings. The molecule has 3 heterocycles. The van der Waals surface area contributed by atoms with Crippen LogP contribution in [0.15, 0.2) is 47.4 Å². The second-order valence-corrected chi connectivity index (χ2v) is 9.68. The van der Waals surface area contributed by atoms with E-state index in [-0.39, 0.29) is 24.3 Å². The first-order chi connectivity index (χ1) is 16.6. The van der Waals surface area contributed by atoms with E-state index in [0.717, 1.165) is 30.6 Å². The van der Waals surface area contributed by atoms with E-state index in [1.54, 1.807) is 18.2 Å². The highest BCUT2D eigenvalue weighted by Gasteiger charge is 2.40. The van der Waals surface area contributed by atoms with Gasteiger partial charge in [0.2, 0.25) is 11.8 Å². The first-order valence-electron chi connectivity index (χ1n) is 11.7. The maximum absolute atomic E-state index is 13.5. The number of hydrogen-bond acceptors (Lipinski definition) is 6. The molecule has 2 aromatic carbocycles. The summed E-state index contributed by atoms with van der Waals surface area (Å²) in [5, 5.41) is 1.96. The Bertz CT molecular complexity index is 1100. The average Bonchev–Trinajstić information content (AvgIpc) is 3.15. The smallest absolute Gasteiger partial charge is 0.250 e. The topological polar surface area (TPSA) is 88.2 Å². The molecular weight excluding hydrogens is 454 g/mol. The van der Waals surface area contributed by atoms with Gasteiger partial charge in [0.25, 0.3) is 5.91 Å². The Labute approximate surface area is 202 Å². The van der Waals surface area contributed by atoms with Crippen LogP contribution in [0.3, 0.4) is 0 Å². The van der Waals surface area contributed by atoms with Gasteiger partial charge in [0.15, 0.2) is 16.7 Å². The number of thioether (sulfide) groups is 1. The normalized spacial score (nSPS) is 19.8. The number of rotatable bonds is 4. The predicted molar refractivity (Wildman–Crippen MR) is 130 cm³/mol.